The van der Waals surface area contributed by atoms with Crippen molar-refractivity contribution in [3.8, 4) is 11.5 Å². The van der Waals surface area contributed by atoms with Gasteiger partial charge in [0.1, 0.15) is 18.1 Å². The normalized spacial score (nSPS) is 18.0. The fourth-order valence-electron chi connectivity index (χ4n) is 3.98. The summed E-state index contributed by atoms with van der Waals surface area (Å²) in [4.78, 5) is 27.5. The maximum Gasteiger partial charge on any atom is 0.254 e. The molecule has 2 heterocycles. The van der Waals surface area contributed by atoms with Gasteiger partial charge in [-0.25, -0.2) is 0 Å². The van der Waals surface area contributed by atoms with Crippen LogP contribution in [-0.4, -0.2) is 43.5 Å². The molecule has 6 nitrogen and oxygen atoms in total. The number of carbonyl (C=O) groups is 2. The van der Waals surface area contributed by atoms with Crippen molar-refractivity contribution in [2.24, 2.45) is 5.92 Å². The van der Waals surface area contributed by atoms with Gasteiger partial charge in [0, 0.05) is 30.4 Å². The number of hydrogen-bond donors (Lipinski definition) is 1. The molecule has 0 spiro atoms. The first-order chi connectivity index (χ1) is 14.1. The molecule has 0 saturated carbocycles. The van der Waals surface area contributed by atoms with Crippen molar-refractivity contribution in [2.45, 2.75) is 26.2 Å². The van der Waals surface area contributed by atoms with Crippen molar-refractivity contribution in [2.75, 3.05) is 32.1 Å². The molecule has 2 amide bonds. The summed E-state index contributed by atoms with van der Waals surface area (Å²) in [5, 5.41) is 3.00. The van der Waals surface area contributed by atoms with Gasteiger partial charge < -0.3 is 19.7 Å². The van der Waals surface area contributed by atoms with Gasteiger partial charge in [0.2, 0.25) is 5.91 Å². The average Bonchev–Trinajstić information content (AvgIpc) is 3.29. The largest absolute Gasteiger partial charge is 0.497 e. The summed E-state index contributed by atoms with van der Waals surface area (Å²) < 4.78 is 11.0. The predicted molar refractivity (Wildman–Crippen MR) is 111 cm³/mol. The summed E-state index contributed by atoms with van der Waals surface area (Å²) in [6.45, 7) is 3.81. The highest BCUT2D eigenvalue weighted by molar-refractivity contribution is 6.00. The topological polar surface area (TPSA) is 67.9 Å². The van der Waals surface area contributed by atoms with Gasteiger partial charge in [-0.1, -0.05) is 12.1 Å². The zero-order chi connectivity index (χ0) is 20.4. The molecule has 4 rings (SSSR count). The highest BCUT2D eigenvalue weighted by atomic mass is 16.5. The number of carbonyl (C=O) groups excluding carboxylic acids is 2. The molecule has 0 aliphatic carbocycles. The molecule has 2 aliphatic heterocycles. The Hall–Kier alpha value is -3.02. The molecule has 152 valence electrons. The molecule has 1 saturated heterocycles. The first-order valence-electron chi connectivity index (χ1n) is 10.1. The fourth-order valence-corrected chi connectivity index (χ4v) is 3.98. The molecule has 2 aromatic rings. The van der Waals surface area contributed by atoms with Crippen molar-refractivity contribution in [1.82, 2.24) is 4.90 Å². The molecule has 1 atom stereocenters. The number of methoxy groups -OCH3 is 1. The van der Waals surface area contributed by atoms with Crippen molar-refractivity contribution in [3.63, 3.8) is 0 Å². The number of hydrogen-bond acceptors (Lipinski definition) is 4. The first kappa shape index (κ1) is 19.3. The van der Waals surface area contributed by atoms with Crippen LogP contribution in [0.2, 0.25) is 0 Å². The van der Waals surface area contributed by atoms with Gasteiger partial charge in [-0.15, -0.1) is 0 Å². The molecule has 1 unspecified atom stereocenters. The van der Waals surface area contributed by atoms with Gasteiger partial charge in [-0.2, -0.15) is 0 Å². The molecule has 1 fully saturated rings. The lowest BCUT2D eigenvalue weighted by Crippen LogP contribution is -2.33. The van der Waals surface area contributed by atoms with E-state index in [1.54, 1.807) is 7.11 Å². The number of nitrogens with one attached hydrogen (secondary N) is 1. The van der Waals surface area contributed by atoms with Gasteiger partial charge >= 0.3 is 0 Å². The molecule has 2 aliphatic rings. The Morgan fingerprint density at radius 3 is 2.72 bits per heavy atom. The molecular formula is C23H26N2O4. The maximum atomic E-state index is 12.9. The lowest BCUT2D eigenvalue weighted by atomic mass is 9.95. The number of amides is 2. The Kier molecular flexibility index (Phi) is 5.43. The van der Waals surface area contributed by atoms with E-state index in [4.69, 9.17) is 9.47 Å². The van der Waals surface area contributed by atoms with Gasteiger partial charge in [0.05, 0.1) is 13.0 Å². The van der Waals surface area contributed by atoms with Crippen molar-refractivity contribution in [1.29, 1.82) is 0 Å². The van der Waals surface area contributed by atoms with Crippen LogP contribution in [-0.2, 0) is 11.2 Å². The van der Waals surface area contributed by atoms with E-state index >= 15 is 0 Å². The predicted octanol–water partition coefficient (Wildman–Crippen LogP) is 3.43. The fraction of sp³-hybridized carbons (Fsp3) is 0.391. The van der Waals surface area contributed by atoms with Crippen LogP contribution in [0.25, 0.3) is 0 Å². The summed E-state index contributed by atoms with van der Waals surface area (Å²) >= 11 is 0. The smallest absolute Gasteiger partial charge is 0.254 e. The Bertz CT molecular complexity index is 934. The summed E-state index contributed by atoms with van der Waals surface area (Å²) in [5.74, 6) is 1.16. The minimum Gasteiger partial charge on any atom is -0.497 e. The SMILES string of the molecule is COc1ccc2c(c1)OCC(C(=O)Nc1cccc(C(=O)N3CCCC3)c1C)C2. The number of rotatable bonds is 4. The second-order valence-corrected chi connectivity index (χ2v) is 7.65. The number of likely N-dealkylation sites (tertiary alicyclic amines) is 1. The van der Waals surface area contributed by atoms with Crippen LogP contribution in [0.5, 0.6) is 11.5 Å². The molecule has 1 N–H and O–H groups in total. The highest BCUT2D eigenvalue weighted by Crippen LogP contribution is 2.32. The van der Waals surface area contributed by atoms with Crippen LogP contribution in [0.3, 0.4) is 0 Å². The Balaban J connectivity index is 1.47. The molecule has 6 heteroatoms. The van der Waals surface area contributed by atoms with Gasteiger partial charge in [-0.05, 0) is 55.5 Å². The summed E-state index contributed by atoms with van der Waals surface area (Å²) in [6.07, 6.45) is 2.71. The van der Waals surface area contributed by atoms with Crippen LogP contribution < -0.4 is 14.8 Å². The van der Waals surface area contributed by atoms with Gasteiger partial charge in [0.25, 0.3) is 5.91 Å². The van der Waals surface area contributed by atoms with E-state index in [-0.39, 0.29) is 17.7 Å². The lowest BCUT2D eigenvalue weighted by Gasteiger charge is -2.25. The van der Waals surface area contributed by atoms with E-state index < -0.39 is 0 Å². The quantitative estimate of drug-likeness (QED) is 0.863. The van der Waals surface area contributed by atoms with Crippen molar-refractivity contribution >= 4 is 17.5 Å². The number of ether oxygens (including phenoxy) is 2. The average molecular weight is 394 g/mol. The molecule has 0 radical (unpaired) electrons. The van der Waals surface area contributed by atoms with E-state index in [9.17, 15) is 9.59 Å². The summed E-state index contributed by atoms with van der Waals surface area (Å²) in [6, 6.07) is 11.2. The van der Waals surface area contributed by atoms with Gasteiger partial charge in [0.15, 0.2) is 0 Å². The summed E-state index contributed by atoms with van der Waals surface area (Å²) in [7, 11) is 1.62. The zero-order valence-corrected chi connectivity index (χ0v) is 16.9. The molecule has 0 bridgehead atoms. The number of anilines is 1. The van der Waals surface area contributed by atoms with E-state index in [0.717, 1.165) is 48.6 Å². The van der Waals surface area contributed by atoms with Crippen molar-refractivity contribution in [3.05, 3.63) is 53.1 Å². The van der Waals surface area contributed by atoms with Crippen LogP contribution in [0.4, 0.5) is 5.69 Å². The highest BCUT2D eigenvalue weighted by Gasteiger charge is 2.27. The van der Waals surface area contributed by atoms with E-state index in [1.807, 2.05) is 48.2 Å². The second kappa shape index (κ2) is 8.15. The van der Waals surface area contributed by atoms with E-state index in [0.29, 0.717) is 24.3 Å². The van der Waals surface area contributed by atoms with Crippen molar-refractivity contribution < 1.29 is 19.1 Å². The number of benzene rings is 2. The zero-order valence-electron chi connectivity index (χ0n) is 16.9. The minimum absolute atomic E-state index is 0.0416. The third kappa shape index (κ3) is 3.92. The third-order valence-corrected chi connectivity index (χ3v) is 5.77. The molecule has 0 aromatic heterocycles. The monoisotopic (exact) mass is 394 g/mol. The van der Waals surface area contributed by atoms with Crippen LogP contribution in [0.15, 0.2) is 36.4 Å². The number of nitrogens with zero attached hydrogens (tertiary/aromatic N) is 1. The summed E-state index contributed by atoms with van der Waals surface area (Å²) in [5.41, 5.74) is 3.13. The third-order valence-electron chi connectivity index (χ3n) is 5.77. The Labute approximate surface area is 170 Å². The number of fused-ring (bicyclic) bond motifs is 1. The molecule has 29 heavy (non-hydrogen) atoms. The maximum absolute atomic E-state index is 12.9. The van der Waals surface area contributed by atoms with Crippen LogP contribution in [0.1, 0.15) is 34.3 Å². The van der Waals surface area contributed by atoms with E-state index in [2.05, 4.69) is 5.32 Å². The minimum atomic E-state index is -0.284. The lowest BCUT2D eigenvalue weighted by molar-refractivity contribution is -0.121. The van der Waals surface area contributed by atoms with Crippen LogP contribution >= 0.6 is 0 Å². The van der Waals surface area contributed by atoms with E-state index in [1.165, 1.54) is 0 Å². The Morgan fingerprint density at radius 2 is 1.97 bits per heavy atom. The standard InChI is InChI=1S/C23H26N2O4/c1-15-19(23(27)25-10-3-4-11-25)6-5-7-20(15)24-22(26)17-12-16-8-9-18(28-2)13-21(16)29-14-17/h5-9,13,17H,3-4,10-12,14H2,1-2H3,(H,24,26). The van der Waals surface area contributed by atoms with Crippen LogP contribution in [0, 0.1) is 12.8 Å². The first-order valence-corrected chi connectivity index (χ1v) is 10.1. The molecule has 2 aromatic carbocycles. The second-order valence-electron chi connectivity index (χ2n) is 7.65. The molecular weight excluding hydrogens is 368 g/mol. The Morgan fingerprint density at radius 1 is 1.17 bits per heavy atom. The van der Waals surface area contributed by atoms with Gasteiger partial charge in [-0.3, -0.25) is 9.59 Å².